The van der Waals surface area contributed by atoms with E-state index < -0.39 is 0 Å². The van der Waals surface area contributed by atoms with E-state index in [4.69, 9.17) is 19.0 Å². The average Bonchev–Trinajstić information content (AvgIpc) is 3.64. The largest absolute Gasteiger partial charge is 0.374 e. The van der Waals surface area contributed by atoms with Gasteiger partial charge in [-0.1, -0.05) is 57.7 Å². The fourth-order valence-corrected chi connectivity index (χ4v) is 3.44. The van der Waals surface area contributed by atoms with Gasteiger partial charge in [-0.15, -0.1) is 0 Å². The summed E-state index contributed by atoms with van der Waals surface area (Å²) in [5.74, 6) is 0.705. The van der Waals surface area contributed by atoms with Crippen LogP contribution in [0.2, 0.25) is 0 Å². The Morgan fingerprint density at radius 1 is 1.11 bits per heavy atom. The number of hydrogen-bond acceptors (Lipinski definition) is 5. The van der Waals surface area contributed by atoms with Crippen LogP contribution in [-0.4, -0.2) is 50.3 Å². The number of allylic oxidation sites excluding steroid dienone is 3. The Labute approximate surface area is 229 Å². The first-order chi connectivity index (χ1) is 17.4. The van der Waals surface area contributed by atoms with Crippen molar-refractivity contribution in [1.29, 1.82) is 0 Å². The SMILES string of the molecule is C/C=C(COC(C)CC(C)C)\C(C)=C/CC.C=C/C(=C\C(=C/C)C(C)ONC(C)(C)C)COCC1CO1. The first-order valence-corrected chi connectivity index (χ1v) is 13.9. The molecule has 0 amide bonds. The molecule has 5 nitrogen and oxygen atoms in total. The minimum atomic E-state index is -0.0779. The van der Waals surface area contributed by atoms with Gasteiger partial charge in [0.05, 0.1) is 32.5 Å². The highest BCUT2D eigenvalue weighted by Crippen LogP contribution is 2.15. The van der Waals surface area contributed by atoms with Crippen LogP contribution in [-0.2, 0) is 19.0 Å². The van der Waals surface area contributed by atoms with Crippen molar-refractivity contribution < 1.29 is 19.0 Å². The molecule has 0 saturated carbocycles. The lowest BCUT2D eigenvalue weighted by Crippen LogP contribution is -2.38. The van der Waals surface area contributed by atoms with Crippen molar-refractivity contribution in [3.8, 4) is 0 Å². The van der Waals surface area contributed by atoms with E-state index in [2.05, 4.69) is 92.6 Å². The summed E-state index contributed by atoms with van der Waals surface area (Å²) in [4.78, 5) is 5.70. The second-order valence-electron chi connectivity index (χ2n) is 11.2. The summed E-state index contributed by atoms with van der Waals surface area (Å²) in [5.41, 5.74) is 7.77. The molecule has 0 spiro atoms. The molecular weight excluding hydrogens is 462 g/mol. The first kappa shape index (κ1) is 35.5. The van der Waals surface area contributed by atoms with E-state index in [0.29, 0.717) is 25.2 Å². The van der Waals surface area contributed by atoms with Gasteiger partial charge in [-0.25, -0.2) is 0 Å². The van der Waals surface area contributed by atoms with Gasteiger partial charge in [0.2, 0.25) is 0 Å². The van der Waals surface area contributed by atoms with E-state index >= 15 is 0 Å². The van der Waals surface area contributed by atoms with Gasteiger partial charge in [0.15, 0.2) is 0 Å². The lowest BCUT2D eigenvalue weighted by molar-refractivity contribution is -0.0354. The van der Waals surface area contributed by atoms with Crippen LogP contribution in [0.5, 0.6) is 0 Å². The van der Waals surface area contributed by atoms with Crippen molar-refractivity contribution in [2.24, 2.45) is 5.92 Å². The standard InChI is InChI=1S/C17H29NO3.C15H28O/c1-7-14(10-19-11-16-12-20-16)9-15(8-2)13(3)21-18-17(4,5)6;1-7-9-13(5)15(8-2)11-16-14(6)10-12(3)4/h7-9,13,16,18H,1,10-12H2,2-6H3;8-9,12,14H,7,10-11H2,1-6H3/b14-9+,15-8+;13-9-,15-8-. The Hall–Kier alpha value is -1.50. The molecule has 0 aromatic carbocycles. The Balaban J connectivity index is 0.000000730. The highest BCUT2D eigenvalue weighted by molar-refractivity contribution is 5.31. The van der Waals surface area contributed by atoms with Crippen LogP contribution in [0.25, 0.3) is 0 Å². The number of hydrogen-bond donors (Lipinski definition) is 1. The average molecular weight is 520 g/mol. The van der Waals surface area contributed by atoms with E-state index in [-0.39, 0.29) is 17.7 Å². The topological polar surface area (TPSA) is 52.2 Å². The van der Waals surface area contributed by atoms with Crippen LogP contribution < -0.4 is 5.48 Å². The third kappa shape index (κ3) is 19.3. The maximum absolute atomic E-state index is 5.86. The normalized spacial score (nSPS) is 18.9. The summed E-state index contributed by atoms with van der Waals surface area (Å²) in [6, 6.07) is 0. The second kappa shape index (κ2) is 19.6. The minimum absolute atomic E-state index is 0.0454. The summed E-state index contributed by atoms with van der Waals surface area (Å²) in [6.45, 7) is 29.8. The van der Waals surface area contributed by atoms with Gasteiger partial charge in [0.25, 0.3) is 0 Å². The van der Waals surface area contributed by atoms with Gasteiger partial charge in [0, 0.05) is 5.54 Å². The zero-order valence-electron chi connectivity index (χ0n) is 25.8. The van der Waals surface area contributed by atoms with E-state index in [0.717, 1.165) is 37.2 Å². The van der Waals surface area contributed by atoms with Crippen molar-refractivity contribution in [1.82, 2.24) is 5.48 Å². The van der Waals surface area contributed by atoms with Gasteiger partial charge in [0.1, 0.15) is 12.2 Å². The molecule has 1 saturated heterocycles. The lowest BCUT2D eigenvalue weighted by atomic mass is 10.1. The summed E-state index contributed by atoms with van der Waals surface area (Å²) in [7, 11) is 0. The van der Waals surface area contributed by atoms with E-state index in [9.17, 15) is 0 Å². The van der Waals surface area contributed by atoms with E-state index in [1.165, 1.54) is 11.1 Å². The summed E-state index contributed by atoms with van der Waals surface area (Å²) in [5, 5.41) is 0. The molecule has 1 aliphatic rings. The molecule has 37 heavy (non-hydrogen) atoms. The molecule has 1 aliphatic heterocycles. The zero-order valence-corrected chi connectivity index (χ0v) is 25.8. The fourth-order valence-electron chi connectivity index (χ4n) is 3.44. The molecule has 1 N–H and O–H groups in total. The van der Waals surface area contributed by atoms with Gasteiger partial charge in [-0.05, 0) is 96.4 Å². The molecule has 0 aromatic heterocycles. The predicted molar refractivity (Wildman–Crippen MR) is 159 cm³/mol. The maximum Gasteiger partial charge on any atom is 0.104 e. The molecule has 3 unspecified atom stereocenters. The van der Waals surface area contributed by atoms with Crippen molar-refractivity contribution in [3.05, 3.63) is 59.3 Å². The summed E-state index contributed by atoms with van der Waals surface area (Å²) in [6.07, 6.45) is 13.2. The van der Waals surface area contributed by atoms with Crippen LogP contribution in [0, 0.1) is 5.92 Å². The molecular formula is C32H57NO4. The predicted octanol–water partition coefficient (Wildman–Crippen LogP) is 7.91. The molecule has 0 aliphatic carbocycles. The minimum Gasteiger partial charge on any atom is -0.374 e. The number of nitrogens with one attached hydrogen (secondary N) is 1. The van der Waals surface area contributed by atoms with Crippen molar-refractivity contribution >= 4 is 0 Å². The Morgan fingerprint density at radius 3 is 2.22 bits per heavy atom. The summed E-state index contributed by atoms with van der Waals surface area (Å²) < 4.78 is 16.6. The van der Waals surface area contributed by atoms with Crippen LogP contribution in [0.3, 0.4) is 0 Å². The third-order valence-corrected chi connectivity index (χ3v) is 5.63. The number of hydroxylamine groups is 1. The van der Waals surface area contributed by atoms with Gasteiger partial charge in [-0.3, -0.25) is 4.84 Å². The number of rotatable bonds is 16. The quantitative estimate of drug-likeness (QED) is 0.128. The molecule has 0 aromatic rings. The van der Waals surface area contributed by atoms with Gasteiger partial charge < -0.3 is 14.2 Å². The Kier molecular flexibility index (Phi) is 18.8. The van der Waals surface area contributed by atoms with Gasteiger partial charge in [-0.2, -0.15) is 5.48 Å². The monoisotopic (exact) mass is 519 g/mol. The van der Waals surface area contributed by atoms with Crippen LogP contribution in [0.4, 0.5) is 0 Å². The number of ether oxygens (including phenoxy) is 3. The molecule has 1 heterocycles. The summed E-state index contributed by atoms with van der Waals surface area (Å²) >= 11 is 0. The highest BCUT2D eigenvalue weighted by Gasteiger charge is 2.22. The highest BCUT2D eigenvalue weighted by atomic mass is 16.7. The smallest absolute Gasteiger partial charge is 0.104 e. The van der Waals surface area contributed by atoms with Crippen LogP contribution in [0.1, 0.15) is 89.0 Å². The molecule has 0 radical (unpaired) electrons. The van der Waals surface area contributed by atoms with Crippen LogP contribution in [0.15, 0.2) is 59.3 Å². The number of epoxide rings is 1. The molecule has 0 bridgehead atoms. The molecule has 1 rings (SSSR count). The van der Waals surface area contributed by atoms with Gasteiger partial charge >= 0.3 is 0 Å². The van der Waals surface area contributed by atoms with E-state index in [1.54, 1.807) is 0 Å². The molecule has 3 atom stereocenters. The molecule has 214 valence electrons. The fraction of sp³-hybridized carbons (Fsp3) is 0.688. The van der Waals surface area contributed by atoms with Crippen LogP contribution >= 0.6 is 0 Å². The van der Waals surface area contributed by atoms with Crippen molar-refractivity contribution in [2.45, 2.75) is 113 Å². The van der Waals surface area contributed by atoms with Crippen molar-refractivity contribution in [2.75, 3.05) is 26.4 Å². The zero-order chi connectivity index (χ0) is 28.4. The Morgan fingerprint density at radius 2 is 1.76 bits per heavy atom. The molecule has 1 fully saturated rings. The molecule has 5 heteroatoms. The second-order valence-corrected chi connectivity index (χ2v) is 11.2. The third-order valence-electron chi connectivity index (χ3n) is 5.63. The maximum atomic E-state index is 5.86. The Bertz CT molecular complexity index is 751. The lowest BCUT2D eigenvalue weighted by Gasteiger charge is -2.24. The first-order valence-electron chi connectivity index (χ1n) is 13.9. The van der Waals surface area contributed by atoms with E-state index in [1.807, 2.05) is 26.0 Å². The van der Waals surface area contributed by atoms with Crippen molar-refractivity contribution in [3.63, 3.8) is 0 Å².